The number of carbonyl (C=O) groups excluding carboxylic acids is 1. The van der Waals surface area contributed by atoms with Gasteiger partial charge in [0, 0.05) is 12.0 Å². The van der Waals surface area contributed by atoms with Gasteiger partial charge in [-0.1, -0.05) is 0 Å². The second-order valence-corrected chi connectivity index (χ2v) is 6.04. The molecule has 6 nitrogen and oxygen atoms in total. The van der Waals surface area contributed by atoms with Gasteiger partial charge in [-0.2, -0.15) is 0 Å². The Balaban J connectivity index is 3.00. The van der Waals surface area contributed by atoms with Gasteiger partial charge in [-0.25, -0.2) is 14.0 Å². The number of rotatable bonds is 5. The van der Waals surface area contributed by atoms with Gasteiger partial charge in [-0.15, -0.1) is 13.2 Å². The van der Waals surface area contributed by atoms with Crippen molar-refractivity contribution in [3.8, 4) is 5.75 Å². The van der Waals surface area contributed by atoms with E-state index in [0.29, 0.717) is 6.07 Å². The fourth-order valence-electron chi connectivity index (χ4n) is 1.80. The number of benzene rings is 1. The fourth-order valence-corrected chi connectivity index (χ4v) is 1.80. The van der Waals surface area contributed by atoms with Crippen LogP contribution in [0.15, 0.2) is 18.2 Å². The first-order chi connectivity index (χ1) is 11.3. The van der Waals surface area contributed by atoms with E-state index in [2.05, 4.69) is 4.74 Å². The number of hydrogen-bond acceptors (Lipinski definition) is 4. The first-order valence-electron chi connectivity index (χ1n) is 7.03. The molecule has 0 aliphatic rings. The summed E-state index contributed by atoms with van der Waals surface area (Å²) in [5.41, 5.74) is -1.28. The Hall–Kier alpha value is -2.52. The molecule has 1 aromatic rings. The van der Waals surface area contributed by atoms with E-state index in [9.17, 15) is 27.2 Å². The Labute approximate surface area is 140 Å². The fraction of sp³-hybridized carbons (Fsp3) is 0.467. The smallest absolute Gasteiger partial charge is 0.480 e. The maximum Gasteiger partial charge on any atom is 0.573 e. The number of halogens is 4. The van der Waals surface area contributed by atoms with E-state index in [-0.39, 0.29) is 5.56 Å². The summed E-state index contributed by atoms with van der Waals surface area (Å²) in [6.45, 7) is 4.64. The highest BCUT2D eigenvalue weighted by Crippen LogP contribution is 2.28. The molecule has 1 unspecified atom stereocenters. The van der Waals surface area contributed by atoms with E-state index in [4.69, 9.17) is 9.84 Å². The molecule has 10 heteroatoms. The molecule has 1 amide bonds. The van der Waals surface area contributed by atoms with Gasteiger partial charge in [0.05, 0.1) is 0 Å². The molecule has 0 bridgehead atoms. The minimum atomic E-state index is -5.04. The predicted octanol–water partition coefficient (Wildman–Crippen LogP) is 3.24. The highest BCUT2D eigenvalue weighted by Gasteiger charge is 2.33. The molecule has 0 aliphatic carbocycles. The number of nitrogens with one attached hydrogen (secondary N) is 1. The molecule has 0 heterocycles. The van der Waals surface area contributed by atoms with Gasteiger partial charge in [0.15, 0.2) is 0 Å². The van der Waals surface area contributed by atoms with E-state index in [1.165, 1.54) is 0 Å². The first-order valence-corrected chi connectivity index (χ1v) is 7.03. The van der Waals surface area contributed by atoms with Gasteiger partial charge < -0.3 is 19.9 Å². The van der Waals surface area contributed by atoms with Crippen molar-refractivity contribution in [3.05, 3.63) is 29.6 Å². The summed E-state index contributed by atoms with van der Waals surface area (Å²) in [4.78, 5) is 22.9. The van der Waals surface area contributed by atoms with Gasteiger partial charge in [0.2, 0.25) is 0 Å². The zero-order valence-corrected chi connectivity index (χ0v) is 13.6. The number of carboxylic acid groups (broad SMARTS) is 1. The minimum Gasteiger partial charge on any atom is -0.480 e. The standard InChI is InChI=1S/C15H17F4NO5/c1-14(2,3)25-13(23)20-10(12(21)22)7-8-6-9(16)4-5-11(8)24-15(17,18)19/h4-6,10H,7H2,1-3H3,(H,20,23)(H,21,22). The molecular formula is C15H17F4NO5. The second-order valence-electron chi connectivity index (χ2n) is 6.04. The second kappa shape index (κ2) is 7.58. The van der Waals surface area contributed by atoms with Gasteiger partial charge >= 0.3 is 18.4 Å². The summed E-state index contributed by atoms with van der Waals surface area (Å²) in [5.74, 6) is -3.18. The molecule has 0 radical (unpaired) electrons. The Kier molecular flexibility index (Phi) is 6.22. The molecule has 2 N–H and O–H groups in total. The first kappa shape index (κ1) is 20.5. The zero-order valence-electron chi connectivity index (χ0n) is 13.6. The maximum absolute atomic E-state index is 13.3. The lowest BCUT2D eigenvalue weighted by molar-refractivity contribution is -0.274. The van der Waals surface area contributed by atoms with Crippen LogP contribution < -0.4 is 10.1 Å². The highest BCUT2D eigenvalue weighted by molar-refractivity contribution is 5.80. The Morgan fingerprint density at radius 1 is 1.24 bits per heavy atom. The average molecular weight is 367 g/mol. The summed E-state index contributed by atoms with van der Waals surface area (Å²) in [6, 6.07) is 0.521. The summed E-state index contributed by atoms with van der Waals surface area (Å²) in [6.07, 6.45) is -6.75. The van der Waals surface area contributed by atoms with Crippen LogP contribution in [0.4, 0.5) is 22.4 Å². The van der Waals surface area contributed by atoms with Crippen LogP contribution in [0.2, 0.25) is 0 Å². The van der Waals surface area contributed by atoms with E-state index >= 15 is 0 Å². The van der Waals surface area contributed by atoms with Crippen LogP contribution in [-0.2, 0) is 16.0 Å². The minimum absolute atomic E-state index is 0.374. The molecule has 25 heavy (non-hydrogen) atoms. The SMILES string of the molecule is CC(C)(C)OC(=O)NC(Cc1cc(F)ccc1OC(F)(F)F)C(=O)O. The van der Waals surface area contributed by atoms with Crippen molar-refractivity contribution < 1.29 is 41.7 Å². The van der Waals surface area contributed by atoms with Crippen LogP contribution in [0.3, 0.4) is 0 Å². The van der Waals surface area contributed by atoms with Gasteiger partial charge in [0.25, 0.3) is 0 Å². The molecule has 1 rings (SSSR count). The van der Waals surface area contributed by atoms with Crippen molar-refractivity contribution in [2.24, 2.45) is 0 Å². The normalized spacial score (nSPS) is 13.1. The highest BCUT2D eigenvalue weighted by atomic mass is 19.4. The van der Waals surface area contributed by atoms with Crippen LogP contribution in [0.1, 0.15) is 26.3 Å². The molecule has 1 aromatic carbocycles. The topological polar surface area (TPSA) is 84.9 Å². The lowest BCUT2D eigenvalue weighted by Gasteiger charge is -2.22. The molecule has 0 fully saturated rings. The maximum atomic E-state index is 13.3. The monoisotopic (exact) mass is 367 g/mol. The summed E-state index contributed by atoms with van der Waals surface area (Å²) >= 11 is 0. The predicted molar refractivity (Wildman–Crippen MR) is 77.6 cm³/mol. The van der Waals surface area contributed by atoms with Crippen LogP contribution in [-0.4, -0.2) is 35.2 Å². The van der Waals surface area contributed by atoms with E-state index in [0.717, 1.165) is 12.1 Å². The number of amides is 1. The van der Waals surface area contributed by atoms with Crippen molar-refractivity contribution in [3.63, 3.8) is 0 Å². The number of carboxylic acids is 1. The summed E-state index contributed by atoms with van der Waals surface area (Å²) in [7, 11) is 0. The van der Waals surface area contributed by atoms with Crippen molar-refractivity contribution in [1.82, 2.24) is 5.32 Å². The number of carbonyl (C=O) groups is 2. The molecule has 0 saturated carbocycles. The molecule has 140 valence electrons. The van der Waals surface area contributed by atoms with E-state index < -0.39 is 48.1 Å². The zero-order chi connectivity index (χ0) is 19.4. The molecule has 1 atom stereocenters. The third kappa shape index (κ3) is 7.73. The van der Waals surface area contributed by atoms with Crippen molar-refractivity contribution in [2.75, 3.05) is 0 Å². The van der Waals surface area contributed by atoms with E-state index in [1.807, 2.05) is 5.32 Å². The van der Waals surface area contributed by atoms with Crippen LogP contribution in [0.5, 0.6) is 5.75 Å². The lowest BCUT2D eigenvalue weighted by atomic mass is 10.0. The van der Waals surface area contributed by atoms with Gasteiger partial charge in [-0.05, 0) is 39.0 Å². The number of alkyl halides is 3. The summed E-state index contributed by atoms with van der Waals surface area (Å²) < 4.78 is 59.1. The van der Waals surface area contributed by atoms with Crippen molar-refractivity contribution in [1.29, 1.82) is 0 Å². The van der Waals surface area contributed by atoms with Gasteiger partial charge in [-0.3, -0.25) is 0 Å². The third-order valence-corrected chi connectivity index (χ3v) is 2.66. The molecular weight excluding hydrogens is 350 g/mol. The van der Waals surface area contributed by atoms with Crippen LogP contribution in [0, 0.1) is 5.82 Å². The quantitative estimate of drug-likeness (QED) is 0.781. The Morgan fingerprint density at radius 2 is 1.84 bits per heavy atom. The van der Waals surface area contributed by atoms with Crippen molar-refractivity contribution >= 4 is 12.1 Å². The molecule has 0 aromatic heterocycles. The van der Waals surface area contributed by atoms with Crippen LogP contribution >= 0.6 is 0 Å². The third-order valence-electron chi connectivity index (χ3n) is 2.66. The van der Waals surface area contributed by atoms with E-state index in [1.54, 1.807) is 20.8 Å². The lowest BCUT2D eigenvalue weighted by Crippen LogP contribution is -2.44. The largest absolute Gasteiger partial charge is 0.573 e. The summed E-state index contributed by atoms with van der Waals surface area (Å²) in [5, 5.41) is 11.2. The van der Waals surface area contributed by atoms with Crippen molar-refractivity contribution in [2.45, 2.75) is 45.2 Å². The number of aliphatic carboxylic acids is 1. The Bertz CT molecular complexity index is 640. The average Bonchev–Trinajstić information content (AvgIpc) is 2.37. The number of alkyl carbamates (subject to hydrolysis) is 1. The van der Waals surface area contributed by atoms with Crippen LogP contribution in [0.25, 0.3) is 0 Å². The molecule has 0 spiro atoms. The molecule has 0 aliphatic heterocycles. The number of ether oxygens (including phenoxy) is 2. The van der Waals surface area contributed by atoms with Gasteiger partial charge in [0.1, 0.15) is 23.2 Å². The molecule has 0 saturated heterocycles. The number of hydrogen-bond donors (Lipinski definition) is 2. The Morgan fingerprint density at radius 3 is 2.32 bits per heavy atom.